The molecule has 0 bridgehead atoms. The van der Waals surface area contributed by atoms with Gasteiger partial charge in [-0.1, -0.05) is 42.5 Å². The van der Waals surface area contributed by atoms with Crippen LogP contribution in [0.5, 0.6) is 0 Å². The van der Waals surface area contributed by atoms with Crippen LogP contribution < -0.4 is 15.7 Å². The minimum absolute atomic E-state index is 0.178. The minimum Gasteiger partial charge on any atom is -0.457 e. The lowest BCUT2D eigenvalue weighted by Gasteiger charge is -2.19. The van der Waals surface area contributed by atoms with Crippen LogP contribution in [0.4, 0.5) is 5.69 Å². The van der Waals surface area contributed by atoms with Gasteiger partial charge in [-0.05, 0) is 68.1 Å². The Labute approximate surface area is 239 Å². The van der Waals surface area contributed by atoms with Crippen molar-refractivity contribution >= 4 is 34.2 Å². The highest BCUT2D eigenvalue weighted by Crippen LogP contribution is 2.43. The first-order chi connectivity index (χ1) is 19.4. The van der Waals surface area contributed by atoms with Crippen molar-refractivity contribution in [3.8, 4) is 22.5 Å². The van der Waals surface area contributed by atoms with Crippen LogP contribution in [0.15, 0.2) is 77.2 Å². The van der Waals surface area contributed by atoms with Crippen molar-refractivity contribution in [2.24, 2.45) is 0 Å². The molecule has 1 aliphatic heterocycles. The van der Waals surface area contributed by atoms with Crippen molar-refractivity contribution in [1.29, 1.82) is 0 Å². The first-order valence-electron chi connectivity index (χ1n) is 13.7. The molecule has 5 rings (SSSR count). The van der Waals surface area contributed by atoms with Crippen LogP contribution in [0.25, 0.3) is 33.4 Å². The Balaban J connectivity index is 1.68. The van der Waals surface area contributed by atoms with Gasteiger partial charge >= 0.3 is 5.97 Å². The number of anilines is 1. The standard InChI is InChI=1S/C34H33ClN2O3/c1-5-36-29-17-31-27(15-21(29)3)33(28-16-22(4)30(37-6-2)18-32(28)40-31)25-9-7-8-10-26(25)34(38)39-20-24-13-11-23(19-35)12-14-24/h7-18,36H,5-6,19-20H2,1-4H3/p+1. The predicted molar refractivity (Wildman–Crippen MR) is 162 cm³/mol. The Morgan fingerprint density at radius 3 is 2.40 bits per heavy atom. The smallest absolute Gasteiger partial charge is 0.339 e. The van der Waals surface area contributed by atoms with Crippen molar-refractivity contribution in [2.75, 3.05) is 18.4 Å². The summed E-state index contributed by atoms with van der Waals surface area (Å²) in [4.78, 5) is 17.0. The highest BCUT2D eigenvalue weighted by Gasteiger charge is 2.24. The molecule has 40 heavy (non-hydrogen) atoms. The Kier molecular flexibility index (Phi) is 8.22. The quantitative estimate of drug-likeness (QED) is 0.133. The van der Waals surface area contributed by atoms with Crippen molar-refractivity contribution in [2.45, 2.75) is 40.2 Å². The molecule has 0 aromatic heterocycles. The second-order valence-corrected chi connectivity index (χ2v) is 10.2. The number of carbonyl (C=O) groups is 1. The van der Waals surface area contributed by atoms with Crippen LogP contribution in [0.3, 0.4) is 0 Å². The van der Waals surface area contributed by atoms with E-state index >= 15 is 0 Å². The molecule has 2 aliphatic rings. The van der Waals surface area contributed by atoms with E-state index in [9.17, 15) is 4.79 Å². The van der Waals surface area contributed by atoms with E-state index in [0.717, 1.165) is 79.8 Å². The maximum absolute atomic E-state index is 13.5. The number of halogens is 1. The molecule has 0 saturated heterocycles. The van der Waals surface area contributed by atoms with Crippen LogP contribution in [-0.4, -0.2) is 19.1 Å². The lowest BCUT2D eigenvalue weighted by molar-refractivity contribution is -0.496. The molecule has 0 radical (unpaired) electrons. The van der Waals surface area contributed by atoms with Crippen LogP contribution in [0, 0.1) is 13.8 Å². The number of fused-ring (bicyclic) bond motifs is 2. The second kappa shape index (κ2) is 12.0. The second-order valence-electron chi connectivity index (χ2n) is 9.94. The number of ether oxygens (including phenoxy) is 1. The summed E-state index contributed by atoms with van der Waals surface area (Å²) in [7, 11) is 0. The normalized spacial score (nSPS) is 11.8. The minimum atomic E-state index is -0.374. The average Bonchev–Trinajstić information content (AvgIpc) is 2.96. The number of carbonyl (C=O) groups excluding carboxylic acids is 1. The van der Waals surface area contributed by atoms with Gasteiger partial charge in [-0.2, -0.15) is 0 Å². The van der Waals surface area contributed by atoms with Crippen LogP contribution in [0.1, 0.15) is 46.5 Å². The zero-order valence-electron chi connectivity index (χ0n) is 23.4. The largest absolute Gasteiger partial charge is 0.457 e. The maximum Gasteiger partial charge on any atom is 0.339 e. The zero-order chi connectivity index (χ0) is 28.2. The summed E-state index contributed by atoms with van der Waals surface area (Å²) in [6, 6.07) is 23.8. The van der Waals surface area contributed by atoms with E-state index < -0.39 is 0 Å². The van der Waals surface area contributed by atoms with Gasteiger partial charge < -0.3 is 14.5 Å². The van der Waals surface area contributed by atoms with Gasteiger partial charge in [0.25, 0.3) is 0 Å². The fourth-order valence-corrected chi connectivity index (χ4v) is 5.26. The highest BCUT2D eigenvalue weighted by atomic mass is 35.5. The summed E-state index contributed by atoms with van der Waals surface area (Å²) in [6.45, 7) is 10.1. The number of hydrogen-bond donors (Lipinski definition) is 2. The van der Waals surface area contributed by atoms with Gasteiger partial charge in [0.05, 0.1) is 11.6 Å². The molecule has 0 atom stereocenters. The molecule has 2 N–H and O–H groups in total. The number of nitrogens with one attached hydrogen (secondary N) is 2. The third-order valence-electron chi connectivity index (χ3n) is 7.11. The Bertz CT molecular complexity index is 1720. The fourth-order valence-electron chi connectivity index (χ4n) is 5.08. The Morgan fingerprint density at radius 1 is 0.925 bits per heavy atom. The molecule has 3 aromatic carbocycles. The Hall–Kier alpha value is -4.09. The van der Waals surface area contributed by atoms with Crippen molar-refractivity contribution in [1.82, 2.24) is 0 Å². The van der Waals surface area contributed by atoms with Gasteiger partial charge in [0.1, 0.15) is 24.5 Å². The first kappa shape index (κ1) is 27.5. The molecule has 0 amide bonds. The number of benzene rings is 4. The molecular formula is C34H34ClN2O3+. The molecule has 5 nitrogen and oxygen atoms in total. The zero-order valence-corrected chi connectivity index (χ0v) is 24.1. The molecule has 0 spiro atoms. The fraction of sp³-hybridized carbons (Fsp3) is 0.235. The summed E-state index contributed by atoms with van der Waals surface area (Å²) >= 11 is 5.91. The van der Waals surface area contributed by atoms with Crippen LogP contribution >= 0.6 is 11.6 Å². The van der Waals surface area contributed by atoms with Crippen LogP contribution in [0.2, 0.25) is 0 Å². The summed E-state index contributed by atoms with van der Waals surface area (Å²) < 4.78 is 12.3. The highest BCUT2D eigenvalue weighted by molar-refractivity contribution is 6.17. The van der Waals surface area contributed by atoms with E-state index in [1.54, 1.807) is 0 Å². The molecule has 0 fully saturated rings. The lowest BCUT2D eigenvalue weighted by atomic mass is 9.89. The summed E-state index contributed by atoms with van der Waals surface area (Å²) in [5.74, 6) is 0.822. The number of hydrogen-bond acceptors (Lipinski definition) is 4. The van der Waals surface area contributed by atoms with E-state index in [4.69, 9.17) is 20.8 Å². The third-order valence-corrected chi connectivity index (χ3v) is 7.42. The van der Waals surface area contributed by atoms with Gasteiger partial charge in [-0.15, -0.1) is 11.6 Å². The van der Waals surface area contributed by atoms with Crippen molar-refractivity contribution in [3.63, 3.8) is 0 Å². The van der Waals surface area contributed by atoms with Crippen molar-refractivity contribution < 1.29 is 18.9 Å². The number of alkyl halides is 1. The molecule has 3 aromatic rings. The summed E-state index contributed by atoms with van der Waals surface area (Å²) in [5.41, 5.74) is 9.12. The van der Waals surface area contributed by atoms with E-state index in [2.05, 4.69) is 62.3 Å². The summed E-state index contributed by atoms with van der Waals surface area (Å²) in [6.07, 6.45) is 0. The monoisotopic (exact) mass is 553 g/mol. The van der Waals surface area contributed by atoms with Crippen molar-refractivity contribution in [3.05, 3.63) is 106 Å². The van der Waals surface area contributed by atoms with E-state index in [-0.39, 0.29) is 12.6 Å². The third kappa shape index (κ3) is 5.47. The number of esters is 1. The topological polar surface area (TPSA) is 65.4 Å². The molecule has 1 heterocycles. The average molecular weight is 554 g/mol. The molecular weight excluding hydrogens is 520 g/mol. The molecule has 6 heteroatoms. The maximum atomic E-state index is 13.5. The Morgan fingerprint density at radius 2 is 1.68 bits per heavy atom. The molecule has 1 aliphatic carbocycles. The molecule has 0 unspecified atom stereocenters. The SMILES string of the molecule is CCNc1cc2oc3cc(=[NH+]CC)c(C)cc-3c(-c3ccccc3C(=O)OCc3ccc(CCl)cc3)c2cc1C. The molecule has 204 valence electrons. The number of aryl methyl sites for hydroxylation is 2. The van der Waals surface area contributed by atoms with Gasteiger partial charge in [-0.3, -0.25) is 0 Å². The van der Waals surface area contributed by atoms with Gasteiger partial charge in [0.15, 0.2) is 0 Å². The first-order valence-corrected chi connectivity index (χ1v) is 14.2. The molecule has 0 saturated carbocycles. The lowest BCUT2D eigenvalue weighted by Crippen LogP contribution is -2.76. The van der Waals surface area contributed by atoms with E-state index in [1.807, 2.05) is 48.5 Å². The predicted octanol–water partition coefficient (Wildman–Crippen LogP) is 6.35. The van der Waals surface area contributed by atoms with Gasteiger partial charge in [-0.25, -0.2) is 9.79 Å². The van der Waals surface area contributed by atoms with Crippen LogP contribution in [-0.2, 0) is 17.2 Å². The van der Waals surface area contributed by atoms with Gasteiger partial charge in [0, 0.05) is 46.3 Å². The summed E-state index contributed by atoms with van der Waals surface area (Å²) in [5, 5.41) is 5.40. The van der Waals surface area contributed by atoms with E-state index in [0.29, 0.717) is 11.4 Å². The van der Waals surface area contributed by atoms with Gasteiger partial charge in [0.2, 0.25) is 5.36 Å². The number of rotatable bonds is 8. The van der Waals surface area contributed by atoms with E-state index in [1.165, 1.54) is 0 Å².